The van der Waals surface area contributed by atoms with Gasteiger partial charge in [-0.15, -0.1) is 11.3 Å². The predicted octanol–water partition coefficient (Wildman–Crippen LogP) is 3.11. The smallest absolute Gasteiger partial charge is 0.312 e. The van der Waals surface area contributed by atoms with E-state index in [0.29, 0.717) is 42.3 Å². The van der Waals surface area contributed by atoms with Crippen LogP contribution in [0.4, 0.5) is 5.13 Å². The summed E-state index contributed by atoms with van der Waals surface area (Å²) in [5.74, 6) is -0.809. The number of aryl methyl sites for hydroxylation is 1. The fourth-order valence-corrected chi connectivity index (χ4v) is 4.47. The first kappa shape index (κ1) is 20.8. The van der Waals surface area contributed by atoms with Crippen LogP contribution in [0.1, 0.15) is 35.3 Å². The number of thiazole rings is 1. The molecule has 3 aromatic rings. The Kier molecular flexibility index (Phi) is 6.09. The monoisotopic (exact) mass is 436 g/mol. The van der Waals surface area contributed by atoms with Gasteiger partial charge in [-0.25, -0.2) is 4.98 Å². The fraction of sp³-hybridized carbons (Fsp3) is 0.318. The van der Waals surface area contributed by atoms with E-state index in [2.05, 4.69) is 11.1 Å². The van der Waals surface area contributed by atoms with Gasteiger partial charge in [0.2, 0.25) is 11.7 Å². The molecule has 0 unspecified atom stereocenters. The van der Waals surface area contributed by atoms with Crippen LogP contribution >= 0.6 is 11.3 Å². The number of hydrogen-bond acceptors (Lipinski definition) is 7. The summed E-state index contributed by atoms with van der Waals surface area (Å²) in [7, 11) is 0. The number of aromatic nitrogens is 2. The van der Waals surface area contributed by atoms with Gasteiger partial charge >= 0.3 is 5.97 Å². The summed E-state index contributed by atoms with van der Waals surface area (Å²) in [6.07, 6.45) is 3.31. The molecule has 4 rings (SSSR count). The van der Waals surface area contributed by atoms with Crippen LogP contribution in [0.3, 0.4) is 0 Å². The highest BCUT2D eigenvalue weighted by molar-refractivity contribution is 7.14. The zero-order valence-corrected chi connectivity index (χ0v) is 17.6. The zero-order valence-electron chi connectivity index (χ0n) is 16.7. The van der Waals surface area contributed by atoms with E-state index in [4.69, 9.17) is 10.00 Å². The molecule has 158 valence electrons. The number of esters is 1. The van der Waals surface area contributed by atoms with Gasteiger partial charge in [0.15, 0.2) is 11.7 Å². The van der Waals surface area contributed by atoms with Gasteiger partial charge in [-0.2, -0.15) is 5.26 Å². The Labute approximate surface area is 182 Å². The van der Waals surface area contributed by atoms with E-state index in [0.717, 1.165) is 17.3 Å². The van der Waals surface area contributed by atoms with Gasteiger partial charge in [0.05, 0.1) is 24.6 Å². The number of amides is 1. The molecule has 1 amide bonds. The minimum absolute atomic E-state index is 0.0445. The van der Waals surface area contributed by atoms with Crippen molar-refractivity contribution in [3.05, 3.63) is 47.1 Å². The lowest BCUT2D eigenvalue weighted by Gasteiger charge is -2.10. The van der Waals surface area contributed by atoms with Gasteiger partial charge in [-0.3, -0.25) is 19.3 Å². The second-order valence-corrected chi connectivity index (χ2v) is 8.03. The van der Waals surface area contributed by atoms with E-state index in [1.807, 2.05) is 28.8 Å². The zero-order chi connectivity index (χ0) is 21.8. The molecule has 1 aromatic carbocycles. The molecule has 0 atom stereocenters. The van der Waals surface area contributed by atoms with Crippen molar-refractivity contribution in [2.24, 2.45) is 0 Å². The summed E-state index contributed by atoms with van der Waals surface area (Å²) in [6, 6.07) is 9.54. The number of anilines is 1. The van der Waals surface area contributed by atoms with Crippen molar-refractivity contribution in [3.8, 4) is 6.07 Å². The Morgan fingerprint density at radius 1 is 1.29 bits per heavy atom. The van der Waals surface area contributed by atoms with E-state index in [1.165, 1.54) is 11.3 Å². The number of benzene rings is 1. The third-order valence-electron chi connectivity index (χ3n) is 5.09. The third-order valence-corrected chi connectivity index (χ3v) is 6.00. The van der Waals surface area contributed by atoms with E-state index in [-0.39, 0.29) is 24.7 Å². The quantitative estimate of drug-likeness (QED) is 0.397. The molecule has 0 spiro atoms. The number of rotatable bonds is 8. The SMILES string of the molecule is N#CCCn1cc(C(=O)COC(=O)Cc2csc(N3CCCC3=O)n2)c2ccccc21. The van der Waals surface area contributed by atoms with Crippen LogP contribution in [-0.4, -0.2) is 40.4 Å². The van der Waals surface area contributed by atoms with Crippen LogP contribution in [0.15, 0.2) is 35.8 Å². The summed E-state index contributed by atoms with van der Waals surface area (Å²) in [4.78, 5) is 42.7. The molecule has 0 bridgehead atoms. The Bertz CT molecular complexity index is 1190. The second kappa shape index (κ2) is 9.10. The number of fused-ring (bicyclic) bond motifs is 1. The number of nitriles is 1. The van der Waals surface area contributed by atoms with E-state index < -0.39 is 5.97 Å². The number of hydrogen-bond donors (Lipinski definition) is 0. The standard InChI is InChI=1S/C22H20N4O4S/c23-8-4-9-25-12-17(16-5-1-2-6-18(16)25)19(27)13-30-21(29)11-15-14-31-22(24-15)26-10-3-7-20(26)28/h1-2,5-6,12,14H,3-4,7,9-11,13H2. The number of ketones is 1. The second-order valence-electron chi connectivity index (χ2n) is 7.19. The lowest BCUT2D eigenvalue weighted by molar-refractivity contribution is -0.141. The van der Waals surface area contributed by atoms with Gasteiger partial charge < -0.3 is 9.30 Å². The molecule has 0 saturated carbocycles. The minimum atomic E-state index is -0.550. The summed E-state index contributed by atoms with van der Waals surface area (Å²) in [5.41, 5.74) is 1.84. The Hall–Kier alpha value is -3.51. The van der Waals surface area contributed by atoms with Gasteiger partial charge in [0, 0.05) is 47.6 Å². The molecule has 9 heteroatoms. The maximum absolute atomic E-state index is 12.7. The molecule has 1 fully saturated rings. The van der Waals surface area contributed by atoms with Gasteiger partial charge in [-0.1, -0.05) is 18.2 Å². The molecule has 0 radical (unpaired) electrons. The third kappa shape index (κ3) is 4.49. The molecule has 1 saturated heterocycles. The lowest BCUT2D eigenvalue weighted by atomic mass is 10.1. The summed E-state index contributed by atoms with van der Waals surface area (Å²) >= 11 is 1.32. The molecule has 3 heterocycles. The summed E-state index contributed by atoms with van der Waals surface area (Å²) in [5, 5.41) is 11.9. The van der Waals surface area contributed by atoms with E-state index in [9.17, 15) is 14.4 Å². The van der Waals surface area contributed by atoms with Crippen molar-refractivity contribution >= 4 is 45.0 Å². The number of carbonyl (C=O) groups excluding carboxylic acids is 3. The maximum Gasteiger partial charge on any atom is 0.312 e. The normalized spacial score (nSPS) is 13.5. The van der Waals surface area contributed by atoms with Gasteiger partial charge in [-0.05, 0) is 12.5 Å². The van der Waals surface area contributed by atoms with Crippen LogP contribution in [-0.2, 0) is 27.3 Å². The topological polar surface area (TPSA) is 105 Å². The minimum Gasteiger partial charge on any atom is -0.457 e. The maximum atomic E-state index is 12.7. The molecule has 31 heavy (non-hydrogen) atoms. The van der Waals surface area contributed by atoms with Crippen LogP contribution in [0.2, 0.25) is 0 Å². The molecule has 1 aliphatic heterocycles. The average molecular weight is 436 g/mol. The van der Waals surface area contributed by atoms with Crippen molar-refractivity contribution in [3.63, 3.8) is 0 Å². The van der Waals surface area contributed by atoms with Crippen molar-refractivity contribution in [2.75, 3.05) is 18.1 Å². The summed E-state index contributed by atoms with van der Waals surface area (Å²) < 4.78 is 7.06. The van der Waals surface area contributed by atoms with Crippen molar-refractivity contribution in [1.82, 2.24) is 9.55 Å². The average Bonchev–Trinajstić information content (AvgIpc) is 3.49. The van der Waals surface area contributed by atoms with Crippen molar-refractivity contribution < 1.29 is 19.1 Å². The number of nitrogens with zero attached hydrogens (tertiary/aromatic N) is 4. The first-order chi connectivity index (χ1) is 15.1. The predicted molar refractivity (Wildman–Crippen MR) is 115 cm³/mol. The van der Waals surface area contributed by atoms with Crippen molar-refractivity contribution in [2.45, 2.75) is 32.2 Å². The molecule has 0 N–H and O–H groups in total. The first-order valence-electron chi connectivity index (χ1n) is 9.95. The number of ether oxygens (including phenoxy) is 1. The summed E-state index contributed by atoms with van der Waals surface area (Å²) in [6.45, 7) is 0.759. The van der Waals surface area contributed by atoms with Crippen LogP contribution in [0, 0.1) is 11.3 Å². The first-order valence-corrected chi connectivity index (χ1v) is 10.8. The number of carbonyl (C=O) groups is 3. The Morgan fingerprint density at radius 2 is 2.13 bits per heavy atom. The highest BCUT2D eigenvalue weighted by Crippen LogP contribution is 2.26. The van der Waals surface area contributed by atoms with Crippen LogP contribution in [0.5, 0.6) is 0 Å². The van der Waals surface area contributed by atoms with Gasteiger partial charge in [0.1, 0.15) is 0 Å². The number of Topliss-reactive ketones (excluding diaryl/α,β-unsaturated/α-hetero) is 1. The number of para-hydroxylation sites is 1. The highest BCUT2D eigenvalue weighted by Gasteiger charge is 2.24. The molecule has 2 aromatic heterocycles. The molecule has 0 aliphatic carbocycles. The molecule has 8 nitrogen and oxygen atoms in total. The fourth-order valence-electron chi connectivity index (χ4n) is 3.60. The molecular weight excluding hydrogens is 416 g/mol. The Morgan fingerprint density at radius 3 is 2.90 bits per heavy atom. The lowest BCUT2D eigenvalue weighted by Crippen LogP contribution is -2.23. The van der Waals surface area contributed by atoms with E-state index >= 15 is 0 Å². The van der Waals surface area contributed by atoms with Crippen LogP contribution in [0.25, 0.3) is 10.9 Å². The molecule has 1 aliphatic rings. The molecular formula is C22H20N4O4S. The highest BCUT2D eigenvalue weighted by atomic mass is 32.1. The van der Waals surface area contributed by atoms with Crippen molar-refractivity contribution in [1.29, 1.82) is 5.26 Å². The van der Waals surface area contributed by atoms with Gasteiger partial charge in [0.25, 0.3) is 0 Å². The van der Waals surface area contributed by atoms with E-state index in [1.54, 1.807) is 16.5 Å². The largest absolute Gasteiger partial charge is 0.457 e. The van der Waals surface area contributed by atoms with Crippen LogP contribution < -0.4 is 4.90 Å². The Balaban J connectivity index is 1.38.